The summed E-state index contributed by atoms with van der Waals surface area (Å²) in [4.78, 5) is -0.328. The molecule has 0 aliphatic heterocycles. The minimum Gasteiger partial charge on any atom is -0.399 e. The molecule has 4 nitrogen and oxygen atoms in total. The van der Waals surface area contributed by atoms with Crippen LogP contribution in [0.15, 0.2) is 23.1 Å². The molecule has 106 valence electrons. The van der Waals surface area contributed by atoms with Crippen LogP contribution in [-0.2, 0) is 10.0 Å². The van der Waals surface area contributed by atoms with Crippen LogP contribution in [0, 0.1) is 5.82 Å². The van der Waals surface area contributed by atoms with Gasteiger partial charge in [0.2, 0.25) is 10.0 Å². The maximum absolute atomic E-state index is 13.7. The lowest BCUT2D eigenvalue weighted by Gasteiger charge is -2.16. The van der Waals surface area contributed by atoms with Crippen molar-refractivity contribution in [3.8, 4) is 0 Å². The van der Waals surface area contributed by atoms with Crippen LogP contribution in [0.4, 0.5) is 10.1 Å². The predicted molar refractivity (Wildman–Crippen MR) is 72.6 cm³/mol. The van der Waals surface area contributed by atoms with Crippen LogP contribution in [0.5, 0.6) is 0 Å². The summed E-state index contributed by atoms with van der Waals surface area (Å²) in [5.41, 5.74) is 5.63. The predicted octanol–water partition coefficient (Wildman–Crippen LogP) is 2.41. The fraction of sp³-hybridized carbons (Fsp3) is 0.538. The van der Waals surface area contributed by atoms with Crippen molar-refractivity contribution in [1.29, 1.82) is 0 Å². The molecule has 1 fully saturated rings. The third-order valence-electron chi connectivity index (χ3n) is 3.42. The number of benzene rings is 1. The molecule has 0 atom stereocenters. The normalized spacial score (nSPS) is 18.2. The number of rotatable bonds is 3. The quantitative estimate of drug-likeness (QED) is 0.662. The summed E-state index contributed by atoms with van der Waals surface area (Å²) < 4.78 is 40.6. The molecule has 3 N–H and O–H groups in total. The number of nitrogens with two attached hydrogens (primary N) is 1. The SMILES string of the molecule is Nc1ccc(S(=O)(=O)NC2CCCCCC2)c(F)c1. The summed E-state index contributed by atoms with van der Waals surface area (Å²) >= 11 is 0. The highest BCUT2D eigenvalue weighted by Gasteiger charge is 2.23. The monoisotopic (exact) mass is 286 g/mol. The zero-order valence-electron chi connectivity index (χ0n) is 10.7. The van der Waals surface area contributed by atoms with E-state index in [1.54, 1.807) is 0 Å². The Morgan fingerprint density at radius 2 is 1.79 bits per heavy atom. The number of hydrogen-bond donors (Lipinski definition) is 2. The van der Waals surface area contributed by atoms with Gasteiger partial charge in [0.05, 0.1) is 0 Å². The van der Waals surface area contributed by atoms with Gasteiger partial charge in [0.1, 0.15) is 10.7 Å². The maximum atomic E-state index is 13.7. The molecule has 0 radical (unpaired) electrons. The number of anilines is 1. The number of hydrogen-bond acceptors (Lipinski definition) is 3. The molecule has 0 heterocycles. The molecule has 0 bridgehead atoms. The molecule has 1 saturated carbocycles. The van der Waals surface area contributed by atoms with Crippen molar-refractivity contribution in [3.63, 3.8) is 0 Å². The van der Waals surface area contributed by atoms with Gasteiger partial charge in [0, 0.05) is 11.7 Å². The second-order valence-electron chi connectivity index (χ2n) is 5.00. The van der Waals surface area contributed by atoms with Crippen molar-refractivity contribution in [2.24, 2.45) is 0 Å². The van der Waals surface area contributed by atoms with Gasteiger partial charge in [-0.1, -0.05) is 25.7 Å². The molecule has 0 spiro atoms. The lowest BCUT2D eigenvalue weighted by atomic mass is 10.1. The number of nitrogens with one attached hydrogen (secondary N) is 1. The highest BCUT2D eigenvalue weighted by atomic mass is 32.2. The van der Waals surface area contributed by atoms with Crippen molar-refractivity contribution in [3.05, 3.63) is 24.0 Å². The molecule has 0 saturated heterocycles. The summed E-state index contributed by atoms with van der Waals surface area (Å²) in [5, 5.41) is 0. The van der Waals surface area contributed by atoms with Crippen LogP contribution in [0.3, 0.4) is 0 Å². The third-order valence-corrected chi connectivity index (χ3v) is 4.98. The summed E-state index contributed by atoms with van der Waals surface area (Å²) in [5.74, 6) is -0.805. The minimum absolute atomic E-state index is 0.0931. The van der Waals surface area contributed by atoms with Crippen LogP contribution in [0.25, 0.3) is 0 Å². The number of halogens is 1. The first kappa shape index (κ1) is 14.3. The summed E-state index contributed by atoms with van der Waals surface area (Å²) in [6.45, 7) is 0. The Kier molecular flexibility index (Phi) is 4.42. The van der Waals surface area contributed by atoms with Crippen LogP contribution < -0.4 is 10.5 Å². The molecule has 19 heavy (non-hydrogen) atoms. The topological polar surface area (TPSA) is 72.2 Å². The highest BCUT2D eigenvalue weighted by molar-refractivity contribution is 7.89. The van der Waals surface area contributed by atoms with Gasteiger partial charge in [0.15, 0.2) is 0 Å². The smallest absolute Gasteiger partial charge is 0.243 e. The van der Waals surface area contributed by atoms with Crippen LogP contribution in [0.2, 0.25) is 0 Å². The van der Waals surface area contributed by atoms with Crippen molar-refractivity contribution < 1.29 is 12.8 Å². The van der Waals surface area contributed by atoms with Crippen molar-refractivity contribution in [2.75, 3.05) is 5.73 Å². The summed E-state index contributed by atoms with van der Waals surface area (Å²) in [6.07, 6.45) is 5.92. The molecule has 6 heteroatoms. The van der Waals surface area contributed by atoms with E-state index in [4.69, 9.17) is 5.73 Å². The number of nitrogen functional groups attached to an aromatic ring is 1. The average Bonchev–Trinajstić information content (AvgIpc) is 2.56. The van der Waals surface area contributed by atoms with Gasteiger partial charge in [-0.15, -0.1) is 0 Å². The lowest BCUT2D eigenvalue weighted by Crippen LogP contribution is -2.34. The number of sulfonamides is 1. The Balaban J connectivity index is 2.17. The third kappa shape index (κ3) is 3.67. The summed E-state index contributed by atoms with van der Waals surface area (Å²) in [7, 11) is -3.80. The zero-order valence-corrected chi connectivity index (χ0v) is 11.5. The Morgan fingerprint density at radius 1 is 1.16 bits per heavy atom. The van der Waals surface area contributed by atoms with Gasteiger partial charge in [-0.2, -0.15) is 0 Å². The molecular weight excluding hydrogens is 267 g/mol. The molecular formula is C13H19FN2O2S. The van der Waals surface area contributed by atoms with Gasteiger partial charge < -0.3 is 5.73 Å². The van der Waals surface area contributed by atoms with Gasteiger partial charge in [-0.05, 0) is 31.0 Å². The van der Waals surface area contributed by atoms with Crippen molar-refractivity contribution in [1.82, 2.24) is 4.72 Å². The summed E-state index contributed by atoms with van der Waals surface area (Å²) in [6, 6.07) is 3.54. The van der Waals surface area contributed by atoms with E-state index >= 15 is 0 Å². The molecule has 1 aromatic rings. The Hall–Kier alpha value is -1.14. The van der Waals surface area contributed by atoms with E-state index < -0.39 is 15.8 Å². The first-order valence-corrected chi connectivity index (χ1v) is 8.05. The molecule has 2 rings (SSSR count). The van der Waals surface area contributed by atoms with Crippen molar-refractivity contribution >= 4 is 15.7 Å². The Morgan fingerprint density at radius 3 is 2.37 bits per heavy atom. The van der Waals surface area contributed by atoms with Gasteiger partial charge in [0.25, 0.3) is 0 Å². The molecule has 0 unspecified atom stereocenters. The van der Waals surface area contributed by atoms with Crippen molar-refractivity contribution in [2.45, 2.75) is 49.5 Å². The molecule has 1 aromatic carbocycles. The lowest BCUT2D eigenvalue weighted by molar-refractivity contribution is 0.503. The first-order chi connectivity index (χ1) is 8.99. The van der Waals surface area contributed by atoms with Gasteiger partial charge in [-0.3, -0.25) is 0 Å². The largest absolute Gasteiger partial charge is 0.399 e. The van der Waals surface area contributed by atoms with E-state index in [2.05, 4.69) is 4.72 Å². The van der Waals surface area contributed by atoms with Crippen LogP contribution in [0.1, 0.15) is 38.5 Å². The standard InChI is InChI=1S/C13H19FN2O2S/c14-12-9-10(15)7-8-13(12)19(17,18)16-11-5-3-1-2-4-6-11/h7-9,11,16H,1-6,15H2. The Labute approximate surface area is 113 Å². The van der Waals surface area contributed by atoms with Gasteiger partial charge >= 0.3 is 0 Å². The first-order valence-electron chi connectivity index (χ1n) is 6.56. The highest BCUT2D eigenvalue weighted by Crippen LogP contribution is 2.21. The minimum atomic E-state index is -3.80. The van der Waals surface area contributed by atoms with Crippen LogP contribution >= 0.6 is 0 Å². The second kappa shape index (κ2) is 5.88. The van der Waals surface area contributed by atoms with E-state index in [-0.39, 0.29) is 16.6 Å². The average molecular weight is 286 g/mol. The van der Waals surface area contributed by atoms with E-state index in [1.807, 2.05) is 0 Å². The molecule has 0 amide bonds. The van der Waals surface area contributed by atoms with E-state index in [0.29, 0.717) is 0 Å². The zero-order chi connectivity index (χ0) is 13.9. The van der Waals surface area contributed by atoms with E-state index in [9.17, 15) is 12.8 Å². The maximum Gasteiger partial charge on any atom is 0.243 e. The fourth-order valence-corrected chi connectivity index (χ4v) is 3.78. The molecule has 1 aliphatic rings. The fourth-order valence-electron chi connectivity index (χ4n) is 2.42. The van der Waals surface area contributed by atoms with E-state index in [0.717, 1.165) is 44.6 Å². The van der Waals surface area contributed by atoms with Crippen LogP contribution in [-0.4, -0.2) is 14.5 Å². The second-order valence-corrected chi connectivity index (χ2v) is 6.68. The molecule has 1 aliphatic carbocycles. The van der Waals surface area contributed by atoms with Gasteiger partial charge in [-0.25, -0.2) is 17.5 Å². The Bertz CT molecular complexity index is 538. The van der Waals surface area contributed by atoms with E-state index in [1.165, 1.54) is 12.1 Å². The molecule has 0 aromatic heterocycles.